The SMILES string of the molecule is CC(=O)c1ccc(OCc2cn(CC(=O)[C@H]3CC[C@H]4[C@@H]5CC=C6C[C@@H](O)CC[C@]6(C)[C@H]5CC[C@]34C)nn2)cc1. The van der Waals surface area contributed by atoms with E-state index in [4.69, 9.17) is 4.74 Å². The standard InChI is InChI=1S/C32H41N3O4/c1-20(36)21-4-7-25(8-5-21)39-19-23-17-35(34-33-23)18-30(38)29-11-10-27-26-9-6-22-16-24(37)12-14-31(22,2)28(26)13-15-32(27,29)3/h4-8,17,24,26-29,37H,9-16,18-19H2,1-3H3/t24-,26-,27-,28-,29+,31-,32-/m0/s1. The molecule has 3 fully saturated rings. The first-order valence-corrected chi connectivity index (χ1v) is 14.7. The molecule has 0 saturated heterocycles. The maximum Gasteiger partial charge on any atom is 0.159 e. The first-order chi connectivity index (χ1) is 18.7. The van der Waals surface area contributed by atoms with Crippen molar-refractivity contribution in [1.82, 2.24) is 15.0 Å². The molecule has 1 aromatic heterocycles. The van der Waals surface area contributed by atoms with E-state index in [0.717, 1.165) is 44.9 Å². The van der Waals surface area contributed by atoms with Gasteiger partial charge in [-0.1, -0.05) is 30.7 Å². The average molecular weight is 532 g/mol. The zero-order chi connectivity index (χ0) is 27.4. The molecule has 2 aromatic rings. The third-order valence-corrected chi connectivity index (χ3v) is 11.0. The van der Waals surface area contributed by atoms with Gasteiger partial charge < -0.3 is 9.84 Å². The van der Waals surface area contributed by atoms with Gasteiger partial charge in [0.05, 0.1) is 12.3 Å². The number of ketones is 2. The van der Waals surface area contributed by atoms with Crippen LogP contribution < -0.4 is 4.74 Å². The summed E-state index contributed by atoms with van der Waals surface area (Å²) in [6, 6.07) is 7.05. The van der Waals surface area contributed by atoms with Crippen molar-refractivity contribution in [2.75, 3.05) is 0 Å². The Morgan fingerprint density at radius 2 is 1.87 bits per heavy atom. The van der Waals surface area contributed by atoms with E-state index < -0.39 is 0 Å². The molecule has 1 N–H and O–H groups in total. The van der Waals surface area contributed by atoms with Crippen molar-refractivity contribution < 1.29 is 19.4 Å². The Balaban J connectivity index is 1.09. The predicted molar refractivity (Wildman–Crippen MR) is 147 cm³/mol. The number of benzene rings is 1. The van der Waals surface area contributed by atoms with Crippen molar-refractivity contribution in [3.63, 3.8) is 0 Å². The third kappa shape index (κ3) is 4.66. The molecular formula is C32H41N3O4. The van der Waals surface area contributed by atoms with E-state index in [1.54, 1.807) is 42.1 Å². The second-order valence-corrected chi connectivity index (χ2v) is 13.1. The Bertz CT molecular complexity index is 1280. The predicted octanol–water partition coefficient (Wildman–Crippen LogP) is 5.57. The number of fused-ring (bicyclic) bond motifs is 5. The highest BCUT2D eigenvalue weighted by Gasteiger charge is 2.59. The van der Waals surface area contributed by atoms with E-state index in [-0.39, 0.29) is 47.6 Å². The Kier molecular flexibility index (Phi) is 6.77. The lowest BCUT2D eigenvalue weighted by Gasteiger charge is -2.57. The number of carbonyl (C=O) groups excluding carboxylic acids is 2. The summed E-state index contributed by atoms with van der Waals surface area (Å²) < 4.78 is 7.46. The van der Waals surface area contributed by atoms with Crippen LogP contribution in [-0.2, 0) is 17.9 Å². The van der Waals surface area contributed by atoms with Crippen molar-refractivity contribution >= 4 is 11.6 Å². The highest BCUT2D eigenvalue weighted by Crippen LogP contribution is 2.66. The lowest BCUT2D eigenvalue weighted by atomic mass is 9.47. The van der Waals surface area contributed by atoms with E-state index in [0.29, 0.717) is 34.8 Å². The Morgan fingerprint density at radius 1 is 1.08 bits per heavy atom. The number of hydrogen-bond donors (Lipinski definition) is 1. The molecule has 7 heteroatoms. The molecule has 4 aliphatic carbocycles. The fraction of sp³-hybridized carbons (Fsp3) is 0.625. The molecule has 39 heavy (non-hydrogen) atoms. The zero-order valence-electron chi connectivity index (χ0n) is 23.4. The van der Waals surface area contributed by atoms with E-state index in [2.05, 4.69) is 30.2 Å². The van der Waals surface area contributed by atoms with Gasteiger partial charge in [0, 0.05) is 11.5 Å². The van der Waals surface area contributed by atoms with Crippen LogP contribution in [0.1, 0.15) is 88.2 Å². The van der Waals surface area contributed by atoms with Crippen LogP contribution in [0.2, 0.25) is 0 Å². The van der Waals surface area contributed by atoms with Gasteiger partial charge in [-0.15, -0.1) is 5.10 Å². The number of nitrogens with zero attached hydrogens (tertiary/aromatic N) is 3. The summed E-state index contributed by atoms with van der Waals surface area (Å²) in [6.07, 6.45) is 12.4. The molecule has 0 amide bonds. The van der Waals surface area contributed by atoms with E-state index in [9.17, 15) is 14.7 Å². The van der Waals surface area contributed by atoms with E-state index in [1.807, 2.05) is 0 Å². The molecular weight excluding hydrogens is 490 g/mol. The first kappa shape index (κ1) is 26.4. The molecule has 0 unspecified atom stereocenters. The number of carbonyl (C=O) groups is 2. The number of aliphatic hydroxyl groups is 1. The van der Waals surface area contributed by atoms with Crippen LogP contribution in [0.4, 0.5) is 0 Å². The quantitative estimate of drug-likeness (QED) is 0.371. The smallest absolute Gasteiger partial charge is 0.159 e. The number of allylic oxidation sites excluding steroid dienone is 1. The Labute approximate surface area is 231 Å². The van der Waals surface area contributed by atoms with Crippen molar-refractivity contribution in [3.8, 4) is 5.75 Å². The second kappa shape index (κ2) is 9.99. The van der Waals surface area contributed by atoms with Crippen molar-refractivity contribution in [1.29, 1.82) is 0 Å². The lowest BCUT2D eigenvalue weighted by molar-refractivity contribution is -0.130. The van der Waals surface area contributed by atoms with Gasteiger partial charge >= 0.3 is 0 Å². The van der Waals surface area contributed by atoms with Gasteiger partial charge in [0.1, 0.15) is 24.6 Å². The number of Topliss-reactive ketones (excluding diaryl/α,β-unsaturated/α-hetero) is 2. The van der Waals surface area contributed by atoms with Crippen molar-refractivity contribution in [2.24, 2.45) is 34.5 Å². The van der Waals surface area contributed by atoms with Crippen LogP contribution >= 0.6 is 0 Å². The molecule has 1 heterocycles. The molecule has 0 spiro atoms. The molecule has 208 valence electrons. The number of hydrogen-bond acceptors (Lipinski definition) is 6. The largest absolute Gasteiger partial charge is 0.487 e. The highest BCUT2D eigenvalue weighted by atomic mass is 16.5. The topological polar surface area (TPSA) is 94.3 Å². The second-order valence-electron chi connectivity index (χ2n) is 13.1. The number of rotatable bonds is 7. The van der Waals surface area contributed by atoms with E-state index >= 15 is 0 Å². The Hall–Kier alpha value is -2.80. The van der Waals surface area contributed by atoms with Crippen molar-refractivity contribution in [2.45, 2.75) is 91.4 Å². The van der Waals surface area contributed by atoms with Crippen LogP contribution in [0, 0.1) is 34.5 Å². The molecule has 0 bridgehead atoms. The third-order valence-electron chi connectivity index (χ3n) is 11.0. The van der Waals surface area contributed by atoms with Gasteiger partial charge in [-0.2, -0.15) is 0 Å². The van der Waals surface area contributed by atoms with Gasteiger partial charge in [0.2, 0.25) is 0 Å². The van der Waals surface area contributed by atoms with Crippen LogP contribution in [0.25, 0.3) is 0 Å². The van der Waals surface area contributed by atoms with Gasteiger partial charge in [-0.3, -0.25) is 9.59 Å². The first-order valence-electron chi connectivity index (χ1n) is 14.7. The van der Waals surface area contributed by atoms with Crippen LogP contribution in [0.3, 0.4) is 0 Å². The molecule has 0 aliphatic heterocycles. The van der Waals surface area contributed by atoms with Crippen LogP contribution in [-0.4, -0.2) is 37.8 Å². The molecule has 7 atom stereocenters. The highest BCUT2D eigenvalue weighted by molar-refractivity contribution is 5.94. The summed E-state index contributed by atoms with van der Waals surface area (Å²) >= 11 is 0. The van der Waals surface area contributed by atoms with Gasteiger partial charge in [-0.25, -0.2) is 4.68 Å². The minimum absolute atomic E-state index is 0.0219. The molecule has 3 saturated carbocycles. The van der Waals surface area contributed by atoms with E-state index in [1.165, 1.54) is 12.0 Å². The number of aromatic nitrogens is 3. The summed E-state index contributed by atoms with van der Waals surface area (Å²) in [5.74, 6) is 2.93. The molecule has 6 rings (SSSR count). The molecule has 0 radical (unpaired) electrons. The molecule has 1 aromatic carbocycles. The van der Waals surface area contributed by atoms with Gasteiger partial charge in [-0.05, 0) is 111 Å². The number of aliphatic hydroxyl groups excluding tert-OH is 1. The molecule has 7 nitrogen and oxygen atoms in total. The Morgan fingerprint density at radius 3 is 2.64 bits per heavy atom. The summed E-state index contributed by atoms with van der Waals surface area (Å²) in [5, 5.41) is 18.7. The summed E-state index contributed by atoms with van der Waals surface area (Å²) in [5.41, 5.74) is 3.09. The fourth-order valence-corrected chi connectivity index (χ4v) is 8.87. The fourth-order valence-electron chi connectivity index (χ4n) is 8.87. The summed E-state index contributed by atoms with van der Waals surface area (Å²) in [6.45, 7) is 6.88. The minimum atomic E-state index is -0.175. The van der Waals surface area contributed by atoms with Crippen LogP contribution in [0.5, 0.6) is 5.75 Å². The van der Waals surface area contributed by atoms with Crippen LogP contribution in [0.15, 0.2) is 42.1 Å². The van der Waals surface area contributed by atoms with Gasteiger partial charge in [0.25, 0.3) is 0 Å². The van der Waals surface area contributed by atoms with Crippen molar-refractivity contribution in [3.05, 3.63) is 53.4 Å². The monoisotopic (exact) mass is 531 g/mol. The maximum absolute atomic E-state index is 13.7. The lowest BCUT2D eigenvalue weighted by Crippen LogP contribution is -2.51. The molecule has 4 aliphatic rings. The minimum Gasteiger partial charge on any atom is -0.487 e. The summed E-state index contributed by atoms with van der Waals surface area (Å²) in [4.78, 5) is 25.1. The normalized spacial score (nSPS) is 35.4. The summed E-state index contributed by atoms with van der Waals surface area (Å²) in [7, 11) is 0. The van der Waals surface area contributed by atoms with Gasteiger partial charge in [0.15, 0.2) is 11.6 Å². The average Bonchev–Trinajstić information content (AvgIpc) is 3.51. The maximum atomic E-state index is 13.7. The zero-order valence-corrected chi connectivity index (χ0v) is 23.4. The number of ether oxygens (including phenoxy) is 1.